The molecular weight excluding hydrogens is 292 g/mol. The van der Waals surface area contributed by atoms with Gasteiger partial charge in [0.25, 0.3) is 0 Å². The highest BCUT2D eigenvalue weighted by molar-refractivity contribution is 7.82. The number of hydrogen-bond acceptors (Lipinski definition) is 4. The average Bonchev–Trinajstić information content (AvgIpc) is 2.63. The number of carbonyl (C=O) groups excluding carboxylic acids is 2. The van der Waals surface area contributed by atoms with Crippen LogP contribution in [0.25, 0.3) is 0 Å². The number of imide groups is 1. The standard InChI is InChI=1S/C14H12N2O2S2/c1-7-2-3-8-9(6-7)14(20)16(13(8)19)10-4-5-11(17)15-12(10)18/h2-3,6,10H,4-5H2,1H3,(H,15,17,18). The third kappa shape index (κ3) is 1.96. The lowest BCUT2D eigenvalue weighted by Gasteiger charge is -2.30. The van der Waals surface area contributed by atoms with Gasteiger partial charge in [0, 0.05) is 17.5 Å². The Labute approximate surface area is 127 Å². The first-order valence-electron chi connectivity index (χ1n) is 6.31. The van der Waals surface area contributed by atoms with Crippen molar-refractivity contribution in [1.29, 1.82) is 0 Å². The summed E-state index contributed by atoms with van der Waals surface area (Å²) >= 11 is 10.9. The van der Waals surface area contributed by atoms with Crippen molar-refractivity contribution in [2.75, 3.05) is 0 Å². The normalized spacial score (nSPS) is 22.1. The number of aryl methyl sites for hydroxylation is 1. The van der Waals surface area contributed by atoms with E-state index in [0.29, 0.717) is 22.8 Å². The molecule has 1 aromatic rings. The van der Waals surface area contributed by atoms with Gasteiger partial charge in [-0.3, -0.25) is 14.9 Å². The fraction of sp³-hybridized carbons (Fsp3) is 0.286. The molecule has 1 fully saturated rings. The van der Waals surface area contributed by atoms with E-state index in [1.807, 2.05) is 25.1 Å². The van der Waals surface area contributed by atoms with E-state index >= 15 is 0 Å². The maximum Gasteiger partial charge on any atom is 0.249 e. The van der Waals surface area contributed by atoms with Crippen molar-refractivity contribution in [3.63, 3.8) is 0 Å². The minimum Gasteiger partial charge on any atom is -0.310 e. The van der Waals surface area contributed by atoms with E-state index in [2.05, 4.69) is 5.32 Å². The number of nitrogens with one attached hydrogen (secondary N) is 1. The van der Waals surface area contributed by atoms with Crippen LogP contribution in [0.1, 0.15) is 29.5 Å². The monoisotopic (exact) mass is 304 g/mol. The number of benzene rings is 1. The molecule has 2 heterocycles. The predicted octanol–water partition coefficient (Wildman–Crippen LogP) is 1.47. The molecule has 1 aromatic carbocycles. The van der Waals surface area contributed by atoms with Gasteiger partial charge in [0.1, 0.15) is 16.0 Å². The Morgan fingerprint density at radius 2 is 1.90 bits per heavy atom. The first kappa shape index (κ1) is 13.3. The van der Waals surface area contributed by atoms with E-state index in [4.69, 9.17) is 24.4 Å². The molecule has 1 N–H and O–H groups in total. The van der Waals surface area contributed by atoms with E-state index in [0.717, 1.165) is 16.7 Å². The van der Waals surface area contributed by atoms with Crippen molar-refractivity contribution in [3.05, 3.63) is 34.9 Å². The first-order valence-corrected chi connectivity index (χ1v) is 7.13. The molecule has 20 heavy (non-hydrogen) atoms. The molecule has 2 aliphatic heterocycles. The second-order valence-electron chi connectivity index (χ2n) is 5.00. The van der Waals surface area contributed by atoms with E-state index < -0.39 is 6.04 Å². The van der Waals surface area contributed by atoms with Crippen molar-refractivity contribution in [1.82, 2.24) is 10.2 Å². The number of rotatable bonds is 1. The van der Waals surface area contributed by atoms with E-state index in [9.17, 15) is 9.59 Å². The van der Waals surface area contributed by atoms with Crippen LogP contribution in [0.3, 0.4) is 0 Å². The van der Waals surface area contributed by atoms with E-state index in [1.54, 1.807) is 4.90 Å². The van der Waals surface area contributed by atoms with Crippen LogP contribution in [-0.2, 0) is 9.59 Å². The molecular formula is C14H12N2O2S2. The van der Waals surface area contributed by atoms with Crippen molar-refractivity contribution in [3.8, 4) is 0 Å². The Morgan fingerprint density at radius 1 is 1.20 bits per heavy atom. The summed E-state index contributed by atoms with van der Waals surface area (Å²) in [5.41, 5.74) is 2.88. The SMILES string of the molecule is Cc1ccc2c(c1)C(=S)N(C1CCC(=O)NC1=O)C2=S. The van der Waals surface area contributed by atoms with Gasteiger partial charge in [0.2, 0.25) is 11.8 Å². The van der Waals surface area contributed by atoms with Crippen molar-refractivity contribution >= 4 is 46.2 Å². The zero-order valence-corrected chi connectivity index (χ0v) is 12.4. The van der Waals surface area contributed by atoms with Crippen LogP contribution in [-0.4, -0.2) is 32.7 Å². The lowest BCUT2D eigenvalue weighted by molar-refractivity contribution is -0.135. The zero-order chi connectivity index (χ0) is 14.4. The summed E-state index contributed by atoms with van der Waals surface area (Å²) in [6.07, 6.45) is 0.755. The van der Waals surface area contributed by atoms with Crippen LogP contribution in [0.15, 0.2) is 18.2 Å². The largest absolute Gasteiger partial charge is 0.310 e. The van der Waals surface area contributed by atoms with Gasteiger partial charge in [-0.05, 0) is 19.4 Å². The van der Waals surface area contributed by atoms with Crippen molar-refractivity contribution in [2.24, 2.45) is 0 Å². The molecule has 1 atom stereocenters. The molecule has 1 saturated heterocycles. The minimum absolute atomic E-state index is 0.240. The van der Waals surface area contributed by atoms with Crippen LogP contribution in [0, 0.1) is 6.92 Å². The number of amides is 2. The topological polar surface area (TPSA) is 49.4 Å². The zero-order valence-electron chi connectivity index (χ0n) is 10.8. The molecule has 6 heteroatoms. The molecule has 4 nitrogen and oxygen atoms in total. The number of nitrogens with zero attached hydrogens (tertiary/aromatic N) is 1. The summed E-state index contributed by atoms with van der Waals surface area (Å²) in [7, 11) is 0. The summed E-state index contributed by atoms with van der Waals surface area (Å²) in [6, 6.07) is 5.41. The fourth-order valence-electron chi connectivity index (χ4n) is 2.58. The quantitative estimate of drug-likeness (QED) is 0.629. The van der Waals surface area contributed by atoms with Crippen LogP contribution >= 0.6 is 24.4 Å². The van der Waals surface area contributed by atoms with Crippen molar-refractivity contribution < 1.29 is 9.59 Å². The predicted molar refractivity (Wildman–Crippen MR) is 82.6 cm³/mol. The minimum atomic E-state index is -0.486. The van der Waals surface area contributed by atoms with Crippen LogP contribution in [0.4, 0.5) is 0 Å². The molecule has 0 bridgehead atoms. The maximum atomic E-state index is 12.0. The van der Waals surface area contributed by atoms with Gasteiger partial charge < -0.3 is 4.90 Å². The first-order chi connectivity index (χ1) is 9.49. The van der Waals surface area contributed by atoms with Gasteiger partial charge in [-0.25, -0.2) is 0 Å². The molecule has 102 valence electrons. The second kappa shape index (κ2) is 4.71. The third-order valence-corrected chi connectivity index (χ3v) is 4.43. The smallest absolute Gasteiger partial charge is 0.249 e. The molecule has 2 aliphatic rings. The Morgan fingerprint density at radius 3 is 2.60 bits per heavy atom. The third-order valence-electron chi connectivity index (χ3n) is 3.60. The van der Waals surface area contributed by atoms with Crippen LogP contribution in [0.5, 0.6) is 0 Å². The highest BCUT2D eigenvalue weighted by atomic mass is 32.1. The Kier molecular flexibility index (Phi) is 3.14. The highest BCUT2D eigenvalue weighted by Gasteiger charge is 2.40. The van der Waals surface area contributed by atoms with E-state index in [1.165, 1.54) is 0 Å². The second-order valence-corrected chi connectivity index (χ2v) is 5.77. The molecule has 0 saturated carbocycles. The average molecular weight is 304 g/mol. The lowest BCUT2D eigenvalue weighted by Crippen LogP contribution is -2.53. The molecule has 0 radical (unpaired) electrons. The molecule has 3 rings (SSSR count). The Balaban J connectivity index is 1.97. The number of hydrogen-bond donors (Lipinski definition) is 1. The van der Waals surface area contributed by atoms with Gasteiger partial charge in [-0.1, -0.05) is 42.1 Å². The lowest BCUT2D eigenvalue weighted by atomic mass is 10.0. The summed E-state index contributed by atoms with van der Waals surface area (Å²) in [5.74, 6) is -0.564. The summed E-state index contributed by atoms with van der Waals surface area (Å²) in [5, 5.41) is 2.35. The Hall–Kier alpha value is -1.66. The van der Waals surface area contributed by atoms with E-state index in [-0.39, 0.29) is 11.8 Å². The maximum absolute atomic E-state index is 12.0. The van der Waals surface area contributed by atoms with Crippen molar-refractivity contribution in [2.45, 2.75) is 25.8 Å². The summed E-state index contributed by atoms with van der Waals surface area (Å²) in [4.78, 5) is 26.1. The molecule has 0 aromatic heterocycles. The van der Waals surface area contributed by atoms with Gasteiger partial charge >= 0.3 is 0 Å². The van der Waals surface area contributed by atoms with Gasteiger partial charge in [-0.15, -0.1) is 0 Å². The van der Waals surface area contributed by atoms with Gasteiger partial charge in [-0.2, -0.15) is 0 Å². The van der Waals surface area contributed by atoms with Gasteiger partial charge in [0.15, 0.2) is 0 Å². The molecule has 2 amide bonds. The highest BCUT2D eigenvalue weighted by Crippen LogP contribution is 2.29. The molecule has 0 spiro atoms. The van der Waals surface area contributed by atoms with Crippen LogP contribution < -0.4 is 5.32 Å². The Bertz CT molecular complexity index is 669. The number of thiocarbonyl (C=S) groups is 2. The summed E-state index contributed by atoms with van der Waals surface area (Å²) < 4.78 is 0. The number of fused-ring (bicyclic) bond motifs is 1. The molecule has 0 aliphatic carbocycles. The summed E-state index contributed by atoms with van der Waals surface area (Å²) in [6.45, 7) is 1.99. The fourth-order valence-corrected chi connectivity index (χ4v) is 3.43. The van der Waals surface area contributed by atoms with Crippen LogP contribution in [0.2, 0.25) is 0 Å². The number of carbonyl (C=O) groups is 2. The molecule has 1 unspecified atom stereocenters. The number of piperidine rings is 1. The van der Waals surface area contributed by atoms with Gasteiger partial charge in [0.05, 0.1) is 0 Å².